The van der Waals surface area contributed by atoms with Crippen molar-refractivity contribution in [1.82, 2.24) is 0 Å². The number of hydrogen-bond donors (Lipinski definition) is 0. The molecular formula is C13H16O. The highest BCUT2D eigenvalue weighted by atomic mass is 16.5. The lowest BCUT2D eigenvalue weighted by Gasteiger charge is -2.21. The van der Waals surface area contributed by atoms with Crippen LogP contribution in [-0.2, 0) is 30.6 Å². The summed E-state index contributed by atoms with van der Waals surface area (Å²) in [5.41, 5.74) is 7.84. The van der Waals surface area contributed by atoms with Crippen molar-refractivity contribution in [2.24, 2.45) is 0 Å². The molecule has 1 heteroatoms. The third-order valence-electron chi connectivity index (χ3n) is 3.66. The Labute approximate surface area is 85.1 Å². The monoisotopic (exact) mass is 188 g/mol. The number of benzene rings is 1. The standard InChI is InChI=1S/C13H16O/c1-9-12-4-2-3-10(12)7-11-8-14-6-5-13(9)11/h7H,2-6,8H2,1H3. The topological polar surface area (TPSA) is 9.23 Å². The van der Waals surface area contributed by atoms with E-state index < -0.39 is 0 Å². The zero-order chi connectivity index (χ0) is 9.54. The Hall–Kier alpha value is -0.820. The van der Waals surface area contributed by atoms with Crippen molar-refractivity contribution in [3.63, 3.8) is 0 Å². The quantitative estimate of drug-likeness (QED) is 0.608. The average molecular weight is 188 g/mol. The fraction of sp³-hybridized carbons (Fsp3) is 0.538. The van der Waals surface area contributed by atoms with Crippen LogP contribution in [0.5, 0.6) is 0 Å². The minimum atomic E-state index is 0.837. The molecule has 1 nitrogen and oxygen atoms in total. The van der Waals surface area contributed by atoms with Gasteiger partial charge in [0.15, 0.2) is 0 Å². The summed E-state index contributed by atoms with van der Waals surface area (Å²) in [6.07, 6.45) is 5.05. The van der Waals surface area contributed by atoms with E-state index in [9.17, 15) is 0 Å². The molecule has 0 spiro atoms. The van der Waals surface area contributed by atoms with E-state index in [2.05, 4.69) is 13.0 Å². The summed E-state index contributed by atoms with van der Waals surface area (Å²) in [5, 5.41) is 0. The van der Waals surface area contributed by atoms with Gasteiger partial charge in [-0.3, -0.25) is 0 Å². The zero-order valence-corrected chi connectivity index (χ0v) is 8.73. The van der Waals surface area contributed by atoms with Gasteiger partial charge in [-0.25, -0.2) is 0 Å². The van der Waals surface area contributed by atoms with Crippen LogP contribution in [0.1, 0.15) is 34.2 Å². The Balaban J connectivity index is 2.20. The number of aryl methyl sites for hydroxylation is 1. The van der Waals surface area contributed by atoms with E-state index in [4.69, 9.17) is 4.74 Å². The van der Waals surface area contributed by atoms with Gasteiger partial charge in [0.2, 0.25) is 0 Å². The average Bonchev–Trinajstić information content (AvgIpc) is 2.66. The van der Waals surface area contributed by atoms with E-state index in [1.807, 2.05) is 0 Å². The van der Waals surface area contributed by atoms with Crippen molar-refractivity contribution >= 4 is 0 Å². The molecule has 2 aliphatic rings. The fourth-order valence-corrected chi connectivity index (χ4v) is 2.91. The highest BCUT2D eigenvalue weighted by molar-refractivity contribution is 5.48. The molecule has 0 saturated heterocycles. The van der Waals surface area contributed by atoms with Crippen molar-refractivity contribution < 1.29 is 4.74 Å². The normalized spacial score (nSPS) is 19.2. The molecule has 0 unspecified atom stereocenters. The van der Waals surface area contributed by atoms with Crippen LogP contribution in [0, 0.1) is 6.92 Å². The zero-order valence-electron chi connectivity index (χ0n) is 8.73. The van der Waals surface area contributed by atoms with E-state index in [0.717, 1.165) is 19.6 Å². The Morgan fingerprint density at radius 3 is 2.86 bits per heavy atom. The molecule has 0 saturated carbocycles. The number of hydrogen-bond acceptors (Lipinski definition) is 1. The van der Waals surface area contributed by atoms with E-state index in [0.29, 0.717) is 0 Å². The molecule has 1 aromatic rings. The maximum Gasteiger partial charge on any atom is 0.0719 e. The van der Waals surface area contributed by atoms with Gasteiger partial charge in [-0.2, -0.15) is 0 Å². The fourth-order valence-electron chi connectivity index (χ4n) is 2.91. The second kappa shape index (κ2) is 3.09. The highest BCUT2D eigenvalue weighted by Crippen LogP contribution is 2.32. The molecule has 74 valence electrons. The van der Waals surface area contributed by atoms with E-state index >= 15 is 0 Å². The summed E-state index contributed by atoms with van der Waals surface area (Å²) < 4.78 is 5.51. The Morgan fingerprint density at radius 2 is 1.93 bits per heavy atom. The van der Waals surface area contributed by atoms with Crippen molar-refractivity contribution in [3.05, 3.63) is 33.9 Å². The lowest BCUT2D eigenvalue weighted by molar-refractivity contribution is 0.110. The number of rotatable bonds is 0. The van der Waals surface area contributed by atoms with Crippen LogP contribution in [0.2, 0.25) is 0 Å². The first-order valence-corrected chi connectivity index (χ1v) is 5.57. The van der Waals surface area contributed by atoms with Crippen LogP contribution >= 0.6 is 0 Å². The molecule has 1 aliphatic carbocycles. The lowest BCUT2D eigenvalue weighted by atomic mass is 9.91. The minimum Gasteiger partial charge on any atom is -0.376 e. The van der Waals surface area contributed by atoms with Gasteiger partial charge in [-0.05, 0) is 60.4 Å². The number of ether oxygens (including phenoxy) is 1. The smallest absolute Gasteiger partial charge is 0.0719 e. The molecular weight excluding hydrogens is 172 g/mol. The molecule has 0 fully saturated rings. The van der Waals surface area contributed by atoms with Crippen molar-refractivity contribution in [2.75, 3.05) is 6.61 Å². The van der Waals surface area contributed by atoms with E-state index in [1.165, 1.54) is 24.8 Å². The summed E-state index contributed by atoms with van der Waals surface area (Å²) >= 11 is 0. The molecule has 1 aromatic carbocycles. The predicted octanol–water partition coefficient (Wildman–Crippen LogP) is 2.56. The Bertz CT molecular complexity index is 379. The second-order valence-corrected chi connectivity index (χ2v) is 4.43. The van der Waals surface area contributed by atoms with Crippen LogP contribution < -0.4 is 0 Å². The second-order valence-electron chi connectivity index (χ2n) is 4.43. The van der Waals surface area contributed by atoms with E-state index in [1.54, 1.807) is 22.3 Å². The summed E-state index contributed by atoms with van der Waals surface area (Å²) in [7, 11) is 0. The molecule has 0 amide bonds. The molecule has 0 N–H and O–H groups in total. The first-order valence-electron chi connectivity index (χ1n) is 5.57. The van der Waals surface area contributed by atoms with Gasteiger partial charge in [0, 0.05) is 0 Å². The van der Waals surface area contributed by atoms with Crippen LogP contribution in [0.15, 0.2) is 6.07 Å². The van der Waals surface area contributed by atoms with Gasteiger partial charge in [-0.15, -0.1) is 0 Å². The first kappa shape index (κ1) is 8.49. The van der Waals surface area contributed by atoms with Gasteiger partial charge in [0.25, 0.3) is 0 Å². The SMILES string of the molecule is Cc1c2c(cc3c1CCOC3)CCC2. The van der Waals surface area contributed by atoms with Crippen LogP contribution in [-0.4, -0.2) is 6.61 Å². The molecule has 0 aromatic heterocycles. The molecule has 3 rings (SSSR count). The van der Waals surface area contributed by atoms with Gasteiger partial charge in [0.05, 0.1) is 13.2 Å². The van der Waals surface area contributed by atoms with Crippen LogP contribution in [0.25, 0.3) is 0 Å². The third-order valence-corrected chi connectivity index (χ3v) is 3.66. The highest BCUT2D eigenvalue weighted by Gasteiger charge is 2.20. The lowest BCUT2D eigenvalue weighted by Crippen LogP contribution is -2.13. The van der Waals surface area contributed by atoms with Crippen molar-refractivity contribution in [2.45, 2.75) is 39.2 Å². The van der Waals surface area contributed by atoms with Gasteiger partial charge < -0.3 is 4.74 Å². The largest absolute Gasteiger partial charge is 0.376 e. The molecule has 0 radical (unpaired) electrons. The number of fused-ring (bicyclic) bond motifs is 2. The molecule has 0 bridgehead atoms. The van der Waals surface area contributed by atoms with Crippen molar-refractivity contribution in [1.29, 1.82) is 0 Å². The van der Waals surface area contributed by atoms with Gasteiger partial charge in [0.1, 0.15) is 0 Å². The third kappa shape index (κ3) is 1.12. The van der Waals surface area contributed by atoms with Crippen LogP contribution in [0.3, 0.4) is 0 Å². The summed E-state index contributed by atoms with van der Waals surface area (Å²) in [6, 6.07) is 2.39. The van der Waals surface area contributed by atoms with Crippen LogP contribution in [0.4, 0.5) is 0 Å². The van der Waals surface area contributed by atoms with Crippen molar-refractivity contribution in [3.8, 4) is 0 Å². The predicted molar refractivity (Wildman–Crippen MR) is 56.6 cm³/mol. The summed E-state index contributed by atoms with van der Waals surface area (Å²) in [6.45, 7) is 4.05. The summed E-state index contributed by atoms with van der Waals surface area (Å²) in [4.78, 5) is 0. The Kier molecular flexibility index (Phi) is 1.88. The first-order chi connectivity index (χ1) is 6.86. The molecule has 14 heavy (non-hydrogen) atoms. The van der Waals surface area contributed by atoms with Gasteiger partial charge in [-0.1, -0.05) is 6.07 Å². The molecule has 0 atom stereocenters. The summed E-state index contributed by atoms with van der Waals surface area (Å²) in [5.74, 6) is 0. The molecule has 1 heterocycles. The maximum absolute atomic E-state index is 5.51. The maximum atomic E-state index is 5.51. The van der Waals surface area contributed by atoms with Gasteiger partial charge >= 0.3 is 0 Å². The Morgan fingerprint density at radius 1 is 1.07 bits per heavy atom. The minimum absolute atomic E-state index is 0.837. The van der Waals surface area contributed by atoms with E-state index in [-0.39, 0.29) is 0 Å². The molecule has 1 aliphatic heterocycles.